The highest BCUT2D eigenvalue weighted by Gasteiger charge is 2.06. The van der Waals surface area contributed by atoms with Crippen LogP contribution in [0.3, 0.4) is 0 Å². The first-order valence-corrected chi connectivity index (χ1v) is 6.82. The predicted molar refractivity (Wildman–Crippen MR) is 81.6 cm³/mol. The Bertz CT molecular complexity index is 728. The van der Waals surface area contributed by atoms with Crippen LogP contribution in [0.2, 0.25) is 0 Å². The summed E-state index contributed by atoms with van der Waals surface area (Å²) in [5, 5.41) is 14.2. The summed E-state index contributed by atoms with van der Waals surface area (Å²) in [6.07, 6.45) is 1.78. The Morgan fingerprint density at radius 3 is 2.47 bits per heavy atom. The van der Waals surface area contributed by atoms with E-state index in [2.05, 4.69) is 55.5 Å². The molecule has 96 valence electrons. The van der Waals surface area contributed by atoms with Gasteiger partial charge in [-0.2, -0.15) is 0 Å². The molecular formula is C18H18O. The van der Waals surface area contributed by atoms with Crippen LogP contribution in [0, 0.1) is 6.92 Å². The molecule has 0 fully saturated rings. The fourth-order valence-corrected chi connectivity index (χ4v) is 2.82. The van der Waals surface area contributed by atoms with E-state index >= 15 is 0 Å². The second kappa shape index (κ2) is 5.02. The second-order valence-corrected chi connectivity index (χ2v) is 5.06. The van der Waals surface area contributed by atoms with Crippen LogP contribution < -0.4 is 0 Å². The van der Waals surface area contributed by atoms with Crippen molar-refractivity contribution in [2.75, 3.05) is 6.61 Å². The maximum atomic E-state index is 8.97. The number of hydrogen-bond donors (Lipinski definition) is 1. The molecule has 0 radical (unpaired) electrons. The molecule has 1 heteroatoms. The van der Waals surface area contributed by atoms with E-state index in [1.807, 2.05) is 0 Å². The summed E-state index contributed by atoms with van der Waals surface area (Å²) in [5.74, 6) is 0. The van der Waals surface area contributed by atoms with Gasteiger partial charge in [-0.15, -0.1) is 0 Å². The Balaban J connectivity index is 2.24. The van der Waals surface area contributed by atoms with Crippen molar-refractivity contribution in [1.29, 1.82) is 0 Å². The molecule has 0 aliphatic carbocycles. The molecule has 1 nitrogen and oxygen atoms in total. The van der Waals surface area contributed by atoms with Gasteiger partial charge in [0.2, 0.25) is 0 Å². The van der Waals surface area contributed by atoms with Crippen molar-refractivity contribution in [2.45, 2.75) is 19.8 Å². The average Bonchev–Trinajstić information content (AvgIpc) is 2.46. The van der Waals surface area contributed by atoms with Crippen LogP contribution in [0.4, 0.5) is 0 Å². The number of aliphatic hydroxyl groups excluding tert-OH is 1. The fourth-order valence-electron chi connectivity index (χ4n) is 2.82. The summed E-state index contributed by atoms with van der Waals surface area (Å²) < 4.78 is 0. The van der Waals surface area contributed by atoms with Crippen LogP contribution >= 0.6 is 0 Å². The van der Waals surface area contributed by atoms with E-state index in [0.29, 0.717) is 0 Å². The van der Waals surface area contributed by atoms with E-state index in [1.165, 1.54) is 32.7 Å². The minimum atomic E-state index is 0.259. The van der Waals surface area contributed by atoms with Gasteiger partial charge < -0.3 is 5.11 Å². The Hall–Kier alpha value is -1.86. The smallest absolute Gasteiger partial charge is 0.0434 e. The van der Waals surface area contributed by atoms with Crippen molar-refractivity contribution in [3.05, 3.63) is 59.7 Å². The van der Waals surface area contributed by atoms with Gasteiger partial charge in [0.1, 0.15) is 0 Å². The van der Waals surface area contributed by atoms with Gasteiger partial charge >= 0.3 is 0 Å². The van der Waals surface area contributed by atoms with E-state index in [4.69, 9.17) is 5.11 Å². The van der Waals surface area contributed by atoms with Gasteiger partial charge in [-0.1, -0.05) is 48.5 Å². The lowest BCUT2D eigenvalue weighted by molar-refractivity contribution is 0.288. The van der Waals surface area contributed by atoms with Crippen LogP contribution in [0.5, 0.6) is 0 Å². The van der Waals surface area contributed by atoms with Crippen LogP contribution in [-0.2, 0) is 6.42 Å². The highest BCUT2D eigenvalue weighted by Crippen LogP contribution is 2.29. The summed E-state index contributed by atoms with van der Waals surface area (Å²) in [7, 11) is 0. The second-order valence-electron chi connectivity index (χ2n) is 5.06. The van der Waals surface area contributed by atoms with Gasteiger partial charge in [0.15, 0.2) is 0 Å². The van der Waals surface area contributed by atoms with Crippen molar-refractivity contribution in [3.63, 3.8) is 0 Å². The Morgan fingerprint density at radius 2 is 1.63 bits per heavy atom. The number of benzene rings is 3. The average molecular weight is 250 g/mol. The molecule has 3 rings (SSSR count). The molecule has 0 heterocycles. The highest BCUT2D eigenvalue weighted by atomic mass is 16.2. The molecule has 1 N–H and O–H groups in total. The number of fused-ring (bicyclic) bond motifs is 3. The van der Waals surface area contributed by atoms with Crippen molar-refractivity contribution in [3.8, 4) is 0 Å². The largest absolute Gasteiger partial charge is 0.396 e. The molecular weight excluding hydrogens is 232 g/mol. The molecule has 0 unspecified atom stereocenters. The third-order valence-corrected chi connectivity index (χ3v) is 3.91. The lowest BCUT2D eigenvalue weighted by Gasteiger charge is -2.11. The molecule has 0 bridgehead atoms. The van der Waals surface area contributed by atoms with Gasteiger partial charge in [0.25, 0.3) is 0 Å². The van der Waals surface area contributed by atoms with Crippen molar-refractivity contribution < 1.29 is 5.11 Å². The minimum absolute atomic E-state index is 0.259. The van der Waals surface area contributed by atoms with Crippen LogP contribution in [-0.4, -0.2) is 11.7 Å². The van der Waals surface area contributed by atoms with E-state index in [0.717, 1.165) is 12.8 Å². The van der Waals surface area contributed by atoms with E-state index in [9.17, 15) is 0 Å². The number of aliphatic hydroxyl groups is 1. The molecule has 0 amide bonds. The van der Waals surface area contributed by atoms with Crippen molar-refractivity contribution >= 4 is 21.5 Å². The zero-order valence-corrected chi connectivity index (χ0v) is 11.2. The van der Waals surface area contributed by atoms with E-state index < -0.39 is 0 Å². The third-order valence-electron chi connectivity index (χ3n) is 3.91. The lowest BCUT2D eigenvalue weighted by atomic mass is 9.94. The molecule has 19 heavy (non-hydrogen) atoms. The third kappa shape index (κ3) is 2.11. The predicted octanol–water partition coefficient (Wildman–Crippen LogP) is 4.23. The first kappa shape index (κ1) is 12.2. The van der Waals surface area contributed by atoms with Crippen LogP contribution in [0.1, 0.15) is 17.5 Å². The van der Waals surface area contributed by atoms with Gasteiger partial charge in [-0.3, -0.25) is 0 Å². The standard InChI is InChI=1S/C18H18O/c1-13-14(6-4-12-19)8-11-18-16(13)10-9-15-5-2-3-7-17(15)18/h2-3,5,7-11,19H,4,6,12H2,1H3. The number of aryl methyl sites for hydroxylation is 2. The molecule has 3 aromatic carbocycles. The normalized spacial score (nSPS) is 11.3. The zero-order valence-electron chi connectivity index (χ0n) is 11.2. The molecule has 0 aromatic heterocycles. The quantitative estimate of drug-likeness (QED) is 0.690. The molecule has 0 saturated carbocycles. The van der Waals surface area contributed by atoms with Gasteiger partial charge in [0.05, 0.1) is 0 Å². The SMILES string of the molecule is Cc1c(CCCO)ccc2c1ccc1ccccc12. The summed E-state index contributed by atoms with van der Waals surface area (Å²) >= 11 is 0. The molecule has 0 aliphatic rings. The monoisotopic (exact) mass is 250 g/mol. The van der Waals surface area contributed by atoms with Crippen molar-refractivity contribution in [1.82, 2.24) is 0 Å². The molecule has 0 spiro atoms. The van der Waals surface area contributed by atoms with Crippen LogP contribution in [0.25, 0.3) is 21.5 Å². The molecule has 0 atom stereocenters. The Kier molecular flexibility index (Phi) is 3.22. The van der Waals surface area contributed by atoms with E-state index in [-0.39, 0.29) is 6.61 Å². The summed E-state index contributed by atoms with van der Waals surface area (Å²) in [5.41, 5.74) is 2.69. The Labute approximate surface area is 113 Å². The Morgan fingerprint density at radius 1 is 0.842 bits per heavy atom. The molecule has 0 saturated heterocycles. The lowest BCUT2D eigenvalue weighted by Crippen LogP contribution is -1.94. The van der Waals surface area contributed by atoms with Gasteiger partial charge in [-0.25, -0.2) is 0 Å². The number of rotatable bonds is 3. The van der Waals surface area contributed by atoms with Crippen molar-refractivity contribution in [2.24, 2.45) is 0 Å². The fraction of sp³-hybridized carbons (Fsp3) is 0.222. The number of hydrogen-bond acceptors (Lipinski definition) is 1. The maximum Gasteiger partial charge on any atom is 0.0434 e. The molecule has 3 aromatic rings. The van der Waals surface area contributed by atoms with Gasteiger partial charge in [0, 0.05) is 6.61 Å². The summed E-state index contributed by atoms with van der Waals surface area (Å²) in [6, 6.07) is 17.4. The minimum Gasteiger partial charge on any atom is -0.396 e. The summed E-state index contributed by atoms with van der Waals surface area (Å²) in [4.78, 5) is 0. The summed E-state index contributed by atoms with van der Waals surface area (Å²) in [6.45, 7) is 2.44. The highest BCUT2D eigenvalue weighted by molar-refractivity contribution is 6.08. The van der Waals surface area contributed by atoms with Gasteiger partial charge in [-0.05, 0) is 52.4 Å². The van der Waals surface area contributed by atoms with E-state index in [1.54, 1.807) is 0 Å². The zero-order chi connectivity index (χ0) is 13.2. The topological polar surface area (TPSA) is 20.2 Å². The first-order valence-electron chi connectivity index (χ1n) is 6.82. The molecule has 0 aliphatic heterocycles. The first-order chi connectivity index (χ1) is 9.31. The van der Waals surface area contributed by atoms with Crippen LogP contribution in [0.15, 0.2) is 48.5 Å². The maximum absolute atomic E-state index is 8.97.